The zero-order valence-corrected chi connectivity index (χ0v) is 18.1. The molecule has 2 aromatic carbocycles. The van der Waals surface area contributed by atoms with Crippen molar-refractivity contribution in [3.8, 4) is 5.75 Å². The van der Waals surface area contributed by atoms with Crippen LogP contribution in [0.4, 0.5) is 0 Å². The molecule has 1 fully saturated rings. The molecule has 0 bridgehead atoms. The molecule has 1 N–H and O–H groups in total. The van der Waals surface area contributed by atoms with E-state index in [4.69, 9.17) is 4.74 Å². The lowest BCUT2D eigenvalue weighted by Gasteiger charge is -2.25. The van der Waals surface area contributed by atoms with Gasteiger partial charge >= 0.3 is 0 Å². The third kappa shape index (κ3) is 4.14. The van der Waals surface area contributed by atoms with Crippen LogP contribution in [-0.2, 0) is 16.1 Å². The first-order chi connectivity index (χ1) is 15.5. The summed E-state index contributed by atoms with van der Waals surface area (Å²) in [6.45, 7) is 3.01. The van der Waals surface area contributed by atoms with Gasteiger partial charge in [0.2, 0.25) is 0 Å². The smallest absolute Gasteiger partial charge is 0.295 e. The normalized spacial score (nSPS) is 17.7. The lowest BCUT2D eigenvalue weighted by atomic mass is 9.94. The lowest BCUT2D eigenvalue weighted by Crippen LogP contribution is -2.31. The molecule has 1 aromatic heterocycles. The Kier molecular flexibility index (Phi) is 6.07. The molecule has 7 heteroatoms. The fourth-order valence-electron chi connectivity index (χ4n) is 3.97. The second kappa shape index (κ2) is 9.09. The summed E-state index contributed by atoms with van der Waals surface area (Å²) in [5.74, 6) is -0.940. The number of hydrogen-bond acceptors (Lipinski definition) is 5. The summed E-state index contributed by atoms with van der Waals surface area (Å²) in [7, 11) is 1.53. The highest BCUT2D eigenvalue weighted by Crippen LogP contribution is 2.39. The van der Waals surface area contributed by atoms with E-state index in [0.717, 1.165) is 11.1 Å². The van der Waals surface area contributed by atoms with Crippen LogP contribution >= 0.6 is 0 Å². The number of aromatic nitrogens is 2. The van der Waals surface area contributed by atoms with Gasteiger partial charge in [0.1, 0.15) is 11.5 Å². The van der Waals surface area contributed by atoms with Gasteiger partial charge in [0, 0.05) is 31.0 Å². The highest BCUT2D eigenvalue weighted by Gasteiger charge is 2.45. The molecule has 0 spiro atoms. The Hall–Kier alpha value is -3.87. The highest BCUT2D eigenvalue weighted by atomic mass is 16.5. The van der Waals surface area contributed by atoms with E-state index in [1.54, 1.807) is 41.7 Å². The highest BCUT2D eigenvalue weighted by molar-refractivity contribution is 6.46. The molecule has 4 rings (SSSR count). The Morgan fingerprint density at radius 1 is 1.12 bits per heavy atom. The average molecular weight is 431 g/mol. The predicted octanol–water partition coefficient (Wildman–Crippen LogP) is 3.71. The van der Waals surface area contributed by atoms with Gasteiger partial charge in [-0.25, -0.2) is 4.98 Å². The molecule has 0 saturated carbocycles. The number of amides is 1. The minimum atomic E-state index is -0.682. The molecule has 32 heavy (non-hydrogen) atoms. The fraction of sp³-hybridized carbons (Fsp3) is 0.240. The maximum absolute atomic E-state index is 13.1. The summed E-state index contributed by atoms with van der Waals surface area (Å²) in [4.78, 5) is 31.7. The molecule has 7 nitrogen and oxygen atoms in total. The summed E-state index contributed by atoms with van der Waals surface area (Å²) in [5.41, 5.74) is 2.37. The van der Waals surface area contributed by atoms with Crippen molar-refractivity contribution >= 4 is 17.4 Å². The molecule has 1 amide bonds. The number of Topliss-reactive ketones (excluding diaryl/α,β-unsaturated/α-hetero) is 1. The number of aliphatic hydroxyl groups is 1. The molecule has 1 saturated heterocycles. The van der Waals surface area contributed by atoms with Crippen molar-refractivity contribution in [1.82, 2.24) is 14.5 Å². The number of benzene rings is 2. The van der Waals surface area contributed by atoms with Gasteiger partial charge in [-0.3, -0.25) is 9.59 Å². The topological polar surface area (TPSA) is 84.7 Å². The van der Waals surface area contributed by atoms with Gasteiger partial charge in [-0.05, 0) is 31.0 Å². The number of aryl methyl sites for hydroxylation is 2. The summed E-state index contributed by atoms with van der Waals surface area (Å²) in [6, 6.07) is 13.8. The minimum absolute atomic E-state index is 0.0923. The van der Waals surface area contributed by atoms with E-state index in [-0.39, 0.29) is 11.3 Å². The zero-order chi connectivity index (χ0) is 22.7. The average Bonchev–Trinajstić information content (AvgIpc) is 3.41. The van der Waals surface area contributed by atoms with E-state index in [9.17, 15) is 14.7 Å². The quantitative estimate of drug-likeness (QED) is 0.350. The van der Waals surface area contributed by atoms with Crippen LogP contribution in [0.2, 0.25) is 0 Å². The van der Waals surface area contributed by atoms with Crippen molar-refractivity contribution in [1.29, 1.82) is 0 Å². The van der Waals surface area contributed by atoms with Crippen molar-refractivity contribution in [2.75, 3.05) is 13.7 Å². The molecular formula is C25H25N3O4. The van der Waals surface area contributed by atoms with Gasteiger partial charge in [0.25, 0.3) is 11.7 Å². The van der Waals surface area contributed by atoms with Crippen LogP contribution in [0.3, 0.4) is 0 Å². The lowest BCUT2D eigenvalue weighted by molar-refractivity contribution is -0.139. The number of carbonyl (C=O) groups is 2. The number of imidazole rings is 1. The SMILES string of the molecule is COc1cccc(/C(O)=C2\C(=O)C(=O)N(CCCn3ccnc3)C2c2ccc(C)cc2)c1. The van der Waals surface area contributed by atoms with Gasteiger partial charge in [-0.15, -0.1) is 0 Å². The van der Waals surface area contributed by atoms with Gasteiger partial charge in [-0.1, -0.05) is 42.0 Å². The number of carbonyl (C=O) groups excluding carboxylic acids is 2. The van der Waals surface area contributed by atoms with E-state index >= 15 is 0 Å². The first-order valence-electron chi connectivity index (χ1n) is 10.4. The van der Waals surface area contributed by atoms with Crippen molar-refractivity contribution in [3.05, 3.63) is 89.5 Å². The largest absolute Gasteiger partial charge is 0.507 e. The molecule has 1 unspecified atom stereocenters. The van der Waals surface area contributed by atoms with Crippen LogP contribution in [0.25, 0.3) is 5.76 Å². The van der Waals surface area contributed by atoms with E-state index in [2.05, 4.69) is 4.98 Å². The van der Waals surface area contributed by atoms with Crippen molar-refractivity contribution in [2.24, 2.45) is 0 Å². The van der Waals surface area contributed by atoms with E-state index in [1.165, 1.54) is 7.11 Å². The predicted molar refractivity (Wildman–Crippen MR) is 120 cm³/mol. The summed E-state index contributed by atoms with van der Waals surface area (Å²) in [5, 5.41) is 11.1. The Balaban J connectivity index is 1.73. The maximum atomic E-state index is 13.1. The van der Waals surface area contributed by atoms with Crippen molar-refractivity contribution in [2.45, 2.75) is 25.9 Å². The van der Waals surface area contributed by atoms with E-state index in [1.807, 2.05) is 42.0 Å². The first kappa shape index (κ1) is 21.4. The third-order valence-electron chi connectivity index (χ3n) is 5.65. The van der Waals surface area contributed by atoms with Crippen LogP contribution < -0.4 is 4.74 Å². The van der Waals surface area contributed by atoms with Crippen LogP contribution in [0.5, 0.6) is 5.75 Å². The number of ketones is 1. The maximum Gasteiger partial charge on any atom is 0.295 e. The zero-order valence-electron chi connectivity index (χ0n) is 18.1. The number of aliphatic hydroxyl groups excluding tert-OH is 1. The molecule has 0 radical (unpaired) electrons. The standard InChI is InChI=1S/C25H25N3O4/c1-17-7-9-18(10-8-17)22-21(23(29)19-5-3-6-20(15-19)32-2)24(30)25(31)28(22)13-4-12-27-14-11-26-16-27/h3,5-11,14-16,22,29H,4,12-13H2,1-2H3/b23-21+. The van der Waals surface area contributed by atoms with Crippen LogP contribution in [0.15, 0.2) is 72.8 Å². The Labute approximate surface area is 186 Å². The molecule has 2 heterocycles. The van der Waals surface area contributed by atoms with Gasteiger partial charge < -0.3 is 19.3 Å². The summed E-state index contributed by atoms with van der Waals surface area (Å²) < 4.78 is 7.17. The molecule has 0 aliphatic carbocycles. The van der Waals surface area contributed by atoms with Crippen molar-refractivity contribution < 1.29 is 19.4 Å². The summed E-state index contributed by atoms with van der Waals surface area (Å²) >= 11 is 0. The Morgan fingerprint density at radius 3 is 2.59 bits per heavy atom. The molecule has 1 aliphatic rings. The minimum Gasteiger partial charge on any atom is -0.507 e. The fourth-order valence-corrected chi connectivity index (χ4v) is 3.97. The molecular weight excluding hydrogens is 406 g/mol. The van der Waals surface area contributed by atoms with Crippen LogP contribution in [0.1, 0.15) is 29.2 Å². The monoisotopic (exact) mass is 431 g/mol. The third-order valence-corrected chi connectivity index (χ3v) is 5.65. The Morgan fingerprint density at radius 2 is 1.91 bits per heavy atom. The van der Waals surface area contributed by atoms with E-state index < -0.39 is 17.7 Å². The second-order valence-electron chi connectivity index (χ2n) is 7.79. The van der Waals surface area contributed by atoms with Crippen LogP contribution in [-0.4, -0.2) is 44.9 Å². The first-order valence-corrected chi connectivity index (χ1v) is 10.4. The molecule has 164 valence electrons. The van der Waals surface area contributed by atoms with Gasteiger partial charge in [0.15, 0.2) is 0 Å². The molecule has 1 atom stereocenters. The van der Waals surface area contributed by atoms with Crippen LogP contribution in [0, 0.1) is 6.92 Å². The van der Waals surface area contributed by atoms with Gasteiger partial charge in [0.05, 0.1) is 25.1 Å². The Bertz CT molecular complexity index is 1150. The number of likely N-dealkylation sites (tertiary alicyclic amines) is 1. The van der Waals surface area contributed by atoms with Gasteiger partial charge in [-0.2, -0.15) is 0 Å². The summed E-state index contributed by atoms with van der Waals surface area (Å²) in [6.07, 6.45) is 5.92. The number of rotatable bonds is 7. The second-order valence-corrected chi connectivity index (χ2v) is 7.79. The number of nitrogens with zero attached hydrogens (tertiary/aromatic N) is 3. The van der Waals surface area contributed by atoms with E-state index in [0.29, 0.717) is 30.8 Å². The molecule has 1 aliphatic heterocycles. The number of hydrogen-bond donors (Lipinski definition) is 1. The molecule has 3 aromatic rings. The number of ether oxygens (including phenoxy) is 1. The van der Waals surface area contributed by atoms with Crippen molar-refractivity contribution in [3.63, 3.8) is 0 Å². The number of methoxy groups -OCH3 is 1.